The van der Waals surface area contributed by atoms with Crippen molar-refractivity contribution in [1.82, 2.24) is 20.5 Å². The number of aromatic amines is 2. The first-order valence-electron chi connectivity index (χ1n) is 9.81. The van der Waals surface area contributed by atoms with Crippen molar-refractivity contribution in [3.63, 3.8) is 0 Å². The first kappa shape index (κ1) is 19.2. The third-order valence-electron chi connectivity index (χ3n) is 5.76. The van der Waals surface area contributed by atoms with Gasteiger partial charge in [0.25, 0.3) is 5.91 Å². The van der Waals surface area contributed by atoms with E-state index in [-0.39, 0.29) is 5.41 Å². The van der Waals surface area contributed by atoms with Gasteiger partial charge in [-0.1, -0.05) is 13.8 Å². The molecule has 1 aliphatic rings. The highest BCUT2D eigenvalue weighted by Crippen LogP contribution is 2.38. The average Bonchev–Trinajstić information content (AvgIpc) is 3.22. The average molecular weight is 394 g/mol. The summed E-state index contributed by atoms with van der Waals surface area (Å²) in [6.07, 6.45) is 3.09. The van der Waals surface area contributed by atoms with Gasteiger partial charge in [0.2, 0.25) is 0 Å². The summed E-state index contributed by atoms with van der Waals surface area (Å²) in [4.78, 5) is 27.2. The van der Waals surface area contributed by atoms with Gasteiger partial charge in [0.15, 0.2) is 0 Å². The van der Waals surface area contributed by atoms with Crippen LogP contribution in [0.1, 0.15) is 55.7 Å². The lowest BCUT2D eigenvalue weighted by atomic mass is 9.76. The van der Waals surface area contributed by atoms with E-state index >= 15 is 0 Å². The monoisotopic (exact) mass is 394 g/mol. The molecule has 4 N–H and O–H groups in total. The molecule has 2 aromatic heterocycles. The molecule has 0 atom stereocenters. The van der Waals surface area contributed by atoms with Crippen molar-refractivity contribution in [1.29, 1.82) is 0 Å². The maximum absolute atomic E-state index is 12.5. The third kappa shape index (κ3) is 3.52. The number of benzene rings is 1. The molecule has 0 unspecified atom stereocenters. The lowest BCUT2D eigenvalue weighted by Crippen LogP contribution is -2.49. The number of carbonyl (C=O) groups is 2. The summed E-state index contributed by atoms with van der Waals surface area (Å²) < 4.78 is 0. The fourth-order valence-corrected chi connectivity index (χ4v) is 3.88. The molecule has 0 aliphatic heterocycles. The van der Waals surface area contributed by atoms with E-state index in [4.69, 9.17) is 0 Å². The molecule has 0 spiro atoms. The minimum Gasteiger partial charge on any atom is -0.480 e. The summed E-state index contributed by atoms with van der Waals surface area (Å²) in [6.45, 7) is 7.47. The van der Waals surface area contributed by atoms with Crippen LogP contribution in [-0.4, -0.2) is 37.7 Å². The van der Waals surface area contributed by atoms with Crippen LogP contribution in [0.2, 0.25) is 0 Å². The molecule has 0 fully saturated rings. The minimum absolute atomic E-state index is 0.281. The Morgan fingerprint density at radius 3 is 2.72 bits per heavy atom. The first-order chi connectivity index (χ1) is 13.6. The maximum atomic E-state index is 12.5. The molecular formula is C22H26N4O3. The predicted octanol–water partition coefficient (Wildman–Crippen LogP) is 3.67. The fourth-order valence-electron chi connectivity index (χ4n) is 3.88. The SMILES string of the molecule is CC1(C)CCc2c(-c3cc4cc(C(=O)NC(C)(C)C(=O)O)ccc4[nH]3)n[nH]c2C1. The zero-order valence-electron chi connectivity index (χ0n) is 17.1. The van der Waals surface area contributed by atoms with Crippen LogP contribution in [0, 0.1) is 5.41 Å². The van der Waals surface area contributed by atoms with Crippen LogP contribution in [0.25, 0.3) is 22.3 Å². The van der Waals surface area contributed by atoms with Crippen molar-refractivity contribution in [2.24, 2.45) is 5.41 Å². The number of amides is 1. The second-order valence-corrected chi connectivity index (χ2v) is 9.24. The summed E-state index contributed by atoms with van der Waals surface area (Å²) in [5, 5.41) is 20.4. The van der Waals surface area contributed by atoms with E-state index in [2.05, 4.69) is 34.3 Å². The van der Waals surface area contributed by atoms with Gasteiger partial charge in [-0.15, -0.1) is 0 Å². The Hall–Kier alpha value is -3.09. The van der Waals surface area contributed by atoms with Crippen LogP contribution in [0.5, 0.6) is 0 Å². The Labute approximate surface area is 168 Å². The number of hydrogen-bond acceptors (Lipinski definition) is 3. The molecule has 7 heteroatoms. The number of carboxylic acid groups (broad SMARTS) is 1. The molecule has 3 aromatic rings. The number of aliphatic carboxylic acids is 1. The Morgan fingerprint density at radius 1 is 1.24 bits per heavy atom. The van der Waals surface area contributed by atoms with Crippen LogP contribution < -0.4 is 5.32 Å². The number of H-pyrrole nitrogens is 2. The highest BCUT2D eigenvalue weighted by atomic mass is 16.4. The van der Waals surface area contributed by atoms with Crippen molar-refractivity contribution in [3.05, 3.63) is 41.1 Å². The van der Waals surface area contributed by atoms with Crippen molar-refractivity contribution in [2.75, 3.05) is 0 Å². The van der Waals surface area contributed by atoms with Crippen LogP contribution in [-0.2, 0) is 17.6 Å². The molecule has 7 nitrogen and oxygen atoms in total. The third-order valence-corrected chi connectivity index (χ3v) is 5.76. The summed E-state index contributed by atoms with van der Waals surface area (Å²) in [5.41, 5.74) is 4.58. The molecule has 1 aliphatic carbocycles. The van der Waals surface area contributed by atoms with Gasteiger partial charge in [-0.05, 0) is 62.8 Å². The van der Waals surface area contributed by atoms with E-state index in [0.29, 0.717) is 5.56 Å². The van der Waals surface area contributed by atoms with Crippen molar-refractivity contribution < 1.29 is 14.7 Å². The van der Waals surface area contributed by atoms with E-state index in [1.54, 1.807) is 12.1 Å². The van der Waals surface area contributed by atoms with Gasteiger partial charge >= 0.3 is 5.97 Å². The molecule has 2 heterocycles. The van der Waals surface area contributed by atoms with Gasteiger partial charge in [0.1, 0.15) is 11.2 Å². The van der Waals surface area contributed by atoms with E-state index < -0.39 is 17.4 Å². The molecule has 1 aromatic carbocycles. The van der Waals surface area contributed by atoms with E-state index in [9.17, 15) is 14.7 Å². The lowest BCUT2D eigenvalue weighted by molar-refractivity contribution is -0.143. The molecule has 29 heavy (non-hydrogen) atoms. The number of carbonyl (C=O) groups excluding carboxylic acids is 1. The number of hydrogen-bond donors (Lipinski definition) is 4. The number of rotatable bonds is 4. The normalized spacial score (nSPS) is 15.9. The minimum atomic E-state index is -1.34. The van der Waals surface area contributed by atoms with E-state index in [1.807, 2.05) is 12.1 Å². The second kappa shape index (κ2) is 6.47. The Kier molecular flexibility index (Phi) is 4.29. The zero-order chi connectivity index (χ0) is 21.0. The number of fused-ring (bicyclic) bond motifs is 2. The molecular weight excluding hydrogens is 368 g/mol. The largest absolute Gasteiger partial charge is 0.480 e. The number of nitrogens with zero attached hydrogens (tertiary/aromatic N) is 1. The highest BCUT2D eigenvalue weighted by molar-refractivity contribution is 6.01. The quantitative estimate of drug-likeness (QED) is 0.541. The molecule has 0 saturated carbocycles. The summed E-state index contributed by atoms with van der Waals surface area (Å²) in [6, 6.07) is 7.29. The fraction of sp³-hybridized carbons (Fsp3) is 0.409. The van der Waals surface area contributed by atoms with E-state index in [0.717, 1.165) is 41.6 Å². The van der Waals surface area contributed by atoms with Crippen LogP contribution in [0.15, 0.2) is 24.3 Å². The van der Waals surface area contributed by atoms with Crippen LogP contribution in [0.3, 0.4) is 0 Å². The second-order valence-electron chi connectivity index (χ2n) is 9.24. The number of nitrogens with one attached hydrogen (secondary N) is 3. The molecule has 0 bridgehead atoms. The topological polar surface area (TPSA) is 111 Å². The van der Waals surface area contributed by atoms with Crippen molar-refractivity contribution >= 4 is 22.8 Å². The Morgan fingerprint density at radius 2 is 2.00 bits per heavy atom. The number of aromatic nitrogens is 3. The highest BCUT2D eigenvalue weighted by Gasteiger charge is 2.30. The number of carboxylic acids is 1. The molecule has 1 amide bonds. The van der Waals surface area contributed by atoms with Crippen LogP contribution >= 0.6 is 0 Å². The summed E-state index contributed by atoms with van der Waals surface area (Å²) in [5.74, 6) is -1.50. The Bertz CT molecular complexity index is 1120. The zero-order valence-corrected chi connectivity index (χ0v) is 17.1. The molecule has 152 valence electrons. The van der Waals surface area contributed by atoms with Crippen molar-refractivity contribution in [3.8, 4) is 11.4 Å². The van der Waals surface area contributed by atoms with Crippen LogP contribution in [0.4, 0.5) is 0 Å². The smallest absolute Gasteiger partial charge is 0.328 e. The van der Waals surface area contributed by atoms with Crippen molar-refractivity contribution in [2.45, 2.75) is 52.5 Å². The van der Waals surface area contributed by atoms with Gasteiger partial charge < -0.3 is 15.4 Å². The molecule has 0 saturated heterocycles. The van der Waals surface area contributed by atoms with Gasteiger partial charge in [0, 0.05) is 27.7 Å². The molecule has 0 radical (unpaired) electrons. The summed E-state index contributed by atoms with van der Waals surface area (Å²) >= 11 is 0. The lowest BCUT2D eigenvalue weighted by Gasteiger charge is -2.28. The maximum Gasteiger partial charge on any atom is 0.328 e. The van der Waals surface area contributed by atoms with Gasteiger partial charge in [-0.3, -0.25) is 9.89 Å². The van der Waals surface area contributed by atoms with Gasteiger partial charge in [-0.2, -0.15) is 5.10 Å². The molecule has 4 rings (SSSR count). The standard InChI is InChI=1S/C22H26N4O3/c1-21(2)8-7-14-17(11-21)25-26-18(14)16-10-13-9-12(5-6-15(13)23-16)19(27)24-22(3,4)20(28)29/h5-6,9-10,23H,7-8,11H2,1-4H3,(H,24,27)(H,25,26)(H,28,29). The van der Waals surface area contributed by atoms with E-state index in [1.165, 1.54) is 25.1 Å². The summed E-state index contributed by atoms with van der Waals surface area (Å²) in [7, 11) is 0. The van der Waals surface area contributed by atoms with Gasteiger partial charge in [0.05, 0.1) is 5.69 Å². The predicted molar refractivity (Wildman–Crippen MR) is 111 cm³/mol. The van der Waals surface area contributed by atoms with Gasteiger partial charge in [-0.25, -0.2) is 4.79 Å². The first-order valence-corrected chi connectivity index (χ1v) is 9.81. The Balaban J connectivity index is 1.64.